The van der Waals surface area contributed by atoms with Crippen LogP contribution in [-0.4, -0.2) is 24.0 Å². The third-order valence-electron chi connectivity index (χ3n) is 4.32. The van der Waals surface area contributed by atoms with Crippen LogP contribution in [0.3, 0.4) is 0 Å². The van der Waals surface area contributed by atoms with E-state index in [2.05, 4.69) is 49.9 Å². The van der Waals surface area contributed by atoms with Crippen molar-refractivity contribution in [3.05, 3.63) is 35.4 Å². The first-order valence-electron chi connectivity index (χ1n) is 7.59. The van der Waals surface area contributed by atoms with Gasteiger partial charge in [0.25, 0.3) is 0 Å². The van der Waals surface area contributed by atoms with Gasteiger partial charge >= 0.3 is 0 Å². The minimum Gasteiger partial charge on any atom is -0.300 e. The zero-order chi connectivity index (χ0) is 13.0. The Kier molecular flexibility index (Phi) is 4.82. The highest BCUT2D eigenvalue weighted by Gasteiger charge is 2.29. The summed E-state index contributed by atoms with van der Waals surface area (Å²) in [5.41, 5.74) is 3.17. The van der Waals surface area contributed by atoms with Crippen LogP contribution in [0.25, 0.3) is 0 Å². The van der Waals surface area contributed by atoms with Crippen LogP contribution in [0.5, 0.6) is 0 Å². The molecule has 1 aromatic carbocycles. The van der Waals surface area contributed by atoms with E-state index in [4.69, 9.17) is 0 Å². The first-order chi connectivity index (χ1) is 8.77. The molecule has 0 N–H and O–H groups in total. The van der Waals surface area contributed by atoms with Crippen molar-refractivity contribution in [3.8, 4) is 0 Å². The fraction of sp³-hybridized carbons (Fsp3) is 0.647. The molecule has 2 atom stereocenters. The van der Waals surface area contributed by atoms with Crippen LogP contribution in [0.15, 0.2) is 24.3 Å². The molecule has 0 heterocycles. The number of fused-ring (bicyclic) bond motifs is 1. The van der Waals surface area contributed by atoms with Crippen LogP contribution in [0.4, 0.5) is 0 Å². The van der Waals surface area contributed by atoms with Gasteiger partial charge < -0.3 is 0 Å². The summed E-state index contributed by atoms with van der Waals surface area (Å²) in [5, 5.41) is 0. The van der Waals surface area contributed by atoms with Gasteiger partial charge in [0, 0.05) is 6.04 Å². The molecule has 0 bridgehead atoms. The number of benzene rings is 1. The summed E-state index contributed by atoms with van der Waals surface area (Å²) >= 11 is 0. The van der Waals surface area contributed by atoms with E-state index in [9.17, 15) is 0 Å². The van der Waals surface area contributed by atoms with Crippen molar-refractivity contribution in [2.45, 2.75) is 58.4 Å². The number of hydrogen-bond acceptors (Lipinski definition) is 1. The van der Waals surface area contributed by atoms with Crippen LogP contribution >= 0.6 is 0 Å². The summed E-state index contributed by atoms with van der Waals surface area (Å²) in [4.78, 5) is 2.72. The Hall–Kier alpha value is -0.820. The SMILES string of the molecule is CCCN(CCC)[C@@H]1CCc2ccccc2[C@@H]1C. The van der Waals surface area contributed by atoms with Crippen LogP contribution in [-0.2, 0) is 6.42 Å². The lowest BCUT2D eigenvalue weighted by Crippen LogP contribution is -2.42. The van der Waals surface area contributed by atoms with E-state index in [0.717, 1.165) is 6.04 Å². The molecule has 2 rings (SSSR count). The van der Waals surface area contributed by atoms with Gasteiger partial charge in [-0.3, -0.25) is 4.90 Å². The smallest absolute Gasteiger partial charge is 0.0165 e. The second-order valence-corrected chi connectivity index (χ2v) is 5.63. The molecule has 0 amide bonds. The summed E-state index contributed by atoms with van der Waals surface area (Å²) in [6.07, 6.45) is 5.13. The van der Waals surface area contributed by atoms with Crippen LogP contribution in [0.1, 0.15) is 57.1 Å². The van der Waals surface area contributed by atoms with Crippen molar-refractivity contribution in [1.82, 2.24) is 4.90 Å². The van der Waals surface area contributed by atoms with E-state index >= 15 is 0 Å². The van der Waals surface area contributed by atoms with Gasteiger partial charge in [0.15, 0.2) is 0 Å². The molecular formula is C17H27N. The lowest BCUT2D eigenvalue weighted by molar-refractivity contribution is 0.159. The van der Waals surface area contributed by atoms with Crippen LogP contribution < -0.4 is 0 Å². The minimum atomic E-state index is 0.688. The zero-order valence-electron chi connectivity index (χ0n) is 12.2. The van der Waals surface area contributed by atoms with Gasteiger partial charge in [-0.05, 0) is 55.8 Å². The Morgan fingerprint density at radius 3 is 2.44 bits per heavy atom. The van der Waals surface area contributed by atoms with Crippen LogP contribution in [0.2, 0.25) is 0 Å². The highest BCUT2D eigenvalue weighted by Crippen LogP contribution is 2.34. The zero-order valence-corrected chi connectivity index (χ0v) is 12.2. The molecule has 0 saturated carbocycles. The first-order valence-corrected chi connectivity index (χ1v) is 7.59. The number of aryl methyl sites for hydroxylation is 1. The molecule has 0 radical (unpaired) electrons. The maximum absolute atomic E-state index is 2.72. The molecule has 18 heavy (non-hydrogen) atoms. The van der Waals surface area contributed by atoms with Crippen molar-refractivity contribution in [1.29, 1.82) is 0 Å². The maximum Gasteiger partial charge on any atom is 0.0165 e. The minimum absolute atomic E-state index is 0.688. The summed E-state index contributed by atoms with van der Waals surface area (Å²) in [7, 11) is 0. The highest BCUT2D eigenvalue weighted by atomic mass is 15.2. The van der Waals surface area contributed by atoms with Crippen molar-refractivity contribution in [2.24, 2.45) is 0 Å². The van der Waals surface area contributed by atoms with Gasteiger partial charge in [-0.1, -0.05) is 45.0 Å². The normalized spacial score (nSPS) is 23.1. The monoisotopic (exact) mass is 245 g/mol. The average molecular weight is 245 g/mol. The van der Waals surface area contributed by atoms with Gasteiger partial charge in [0.05, 0.1) is 0 Å². The molecule has 0 aromatic heterocycles. The van der Waals surface area contributed by atoms with Crippen LogP contribution in [0, 0.1) is 0 Å². The van der Waals surface area contributed by atoms with Gasteiger partial charge in [0.1, 0.15) is 0 Å². The van der Waals surface area contributed by atoms with Gasteiger partial charge in [-0.15, -0.1) is 0 Å². The third-order valence-corrected chi connectivity index (χ3v) is 4.32. The summed E-state index contributed by atoms with van der Waals surface area (Å²) in [5.74, 6) is 0.688. The largest absolute Gasteiger partial charge is 0.300 e. The summed E-state index contributed by atoms with van der Waals surface area (Å²) < 4.78 is 0. The molecule has 1 nitrogen and oxygen atoms in total. The van der Waals surface area contributed by atoms with E-state index in [1.807, 2.05) is 0 Å². The fourth-order valence-corrected chi connectivity index (χ4v) is 3.48. The van der Waals surface area contributed by atoms with Gasteiger partial charge in [0.2, 0.25) is 0 Å². The van der Waals surface area contributed by atoms with Crippen molar-refractivity contribution < 1.29 is 0 Å². The van der Waals surface area contributed by atoms with E-state index < -0.39 is 0 Å². The van der Waals surface area contributed by atoms with E-state index in [0.29, 0.717) is 5.92 Å². The molecule has 1 aliphatic carbocycles. The van der Waals surface area contributed by atoms with Crippen molar-refractivity contribution in [3.63, 3.8) is 0 Å². The molecule has 0 unspecified atom stereocenters. The third kappa shape index (κ3) is 2.77. The Bertz CT molecular complexity index is 366. The standard InChI is InChI=1S/C17H27N/c1-4-12-18(13-5-2)17-11-10-15-8-6-7-9-16(15)14(17)3/h6-9,14,17H,4-5,10-13H2,1-3H3/t14-,17+/m0/s1. The molecule has 0 spiro atoms. The van der Waals surface area contributed by atoms with Gasteiger partial charge in [-0.25, -0.2) is 0 Å². The van der Waals surface area contributed by atoms with Crippen molar-refractivity contribution in [2.75, 3.05) is 13.1 Å². The number of rotatable bonds is 5. The lowest BCUT2D eigenvalue weighted by atomic mass is 9.79. The second-order valence-electron chi connectivity index (χ2n) is 5.63. The molecule has 1 heteroatoms. The molecule has 100 valence electrons. The predicted octanol–water partition coefficient (Wildman–Crippen LogP) is 4.23. The quantitative estimate of drug-likeness (QED) is 0.750. The molecular weight excluding hydrogens is 218 g/mol. The Morgan fingerprint density at radius 1 is 1.11 bits per heavy atom. The molecule has 0 saturated heterocycles. The first kappa shape index (κ1) is 13.6. The highest BCUT2D eigenvalue weighted by molar-refractivity contribution is 5.33. The van der Waals surface area contributed by atoms with E-state index in [1.165, 1.54) is 38.8 Å². The molecule has 1 aliphatic rings. The number of nitrogens with zero attached hydrogens (tertiary/aromatic N) is 1. The summed E-state index contributed by atoms with van der Waals surface area (Å²) in [6, 6.07) is 9.78. The lowest BCUT2D eigenvalue weighted by Gasteiger charge is -2.39. The predicted molar refractivity (Wildman–Crippen MR) is 79.1 cm³/mol. The second kappa shape index (κ2) is 6.38. The molecule has 0 aliphatic heterocycles. The van der Waals surface area contributed by atoms with E-state index in [1.54, 1.807) is 11.1 Å². The number of hydrogen-bond donors (Lipinski definition) is 0. The maximum atomic E-state index is 2.72. The fourth-order valence-electron chi connectivity index (χ4n) is 3.48. The Balaban J connectivity index is 2.16. The Morgan fingerprint density at radius 2 is 1.78 bits per heavy atom. The average Bonchev–Trinajstić information content (AvgIpc) is 2.39. The Labute approximate surface area is 112 Å². The van der Waals surface area contributed by atoms with Gasteiger partial charge in [-0.2, -0.15) is 0 Å². The summed E-state index contributed by atoms with van der Waals surface area (Å²) in [6.45, 7) is 9.52. The topological polar surface area (TPSA) is 3.24 Å². The van der Waals surface area contributed by atoms with Crippen molar-refractivity contribution >= 4 is 0 Å². The molecule has 0 fully saturated rings. The van der Waals surface area contributed by atoms with E-state index in [-0.39, 0.29) is 0 Å². The molecule has 1 aromatic rings.